The van der Waals surface area contributed by atoms with Crippen molar-refractivity contribution in [3.8, 4) is 17.6 Å². The van der Waals surface area contributed by atoms with Gasteiger partial charge in [0.05, 0.1) is 23.9 Å². The molecular weight excluding hydrogens is 501 g/mol. The molecule has 4 rings (SSSR count). The summed E-state index contributed by atoms with van der Waals surface area (Å²) in [6.45, 7) is 6.03. The van der Waals surface area contributed by atoms with Gasteiger partial charge >= 0.3 is 6.03 Å². The van der Waals surface area contributed by atoms with Crippen LogP contribution in [0.1, 0.15) is 29.2 Å². The van der Waals surface area contributed by atoms with Crippen LogP contribution in [0.15, 0.2) is 78.9 Å². The predicted octanol–water partition coefficient (Wildman–Crippen LogP) is 5.07. The molecule has 4 amide bonds. The minimum atomic E-state index is -0.933. The van der Waals surface area contributed by atoms with Gasteiger partial charge in [0.2, 0.25) is 0 Å². The van der Waals surface area contributed by atoms with Gasteiger partial charge in [0.15, 0.2) is 11.5 Å². The predicted molar refractivity (Wildman–Crippen MR) is 142 cm³/mol. The topological polar surface area (TPSA) is 109 Å². The molecular formula is C30H24FN3O5. The van der Waals surface area contributed by atoms with Gasteiger partial charge in [0.25, 0.3) is 11.8 Å². The van der Waals surface area contributed by atoms with Crippen molar-refractivity contribution in [3.05, 3.63) is 107 Å². The van der Waals surface area contributed by atoms with Gasteiger partial charge in [0, 0.05) is 11.1 Å². The molecule has 0 aliphatic carbocycles. The number of barbiturate groups is 1. The summed E-state index contributed by atoms with van der Waals surface area (Å²) in [5.41, 5.74) is 2.14. The molecule has 1 heterocycles. The van der Waals surface area contributed by atoms with Crippen LogP contribution in [0.2, 0.25) is 0 Å². The molecule has 9 heteroatoms. The first-order valence-electron chi connectivity index (χ1n) is 12.0. The van der Waals surface area contributed by atoms with Crippen molar-refractivity contribution < 1.29 is 28.2 Å². The third-order valence-electron chi connectivity index (χ3n) is 5.83. The summed E-state index contributed by atoms with van der Waals surface area (Å²) in [5.74, 6) is -1.44. The van der Waals surface area contributed by atoms with Crippen LogP contribution in [0, 0.1) is 17.1 Å². The number of ether oxygens (including phenoxy) is 2. The van der Waals surface area contributed by atoms with E-state index in [0.29, 0.717) is 46.8 Å². The van der Waals surface area contributed by atoms with Gasteiger partial charge in [-0.1, -0.05) is 24.3 Å². The van der Waals surface area contributed by atoms with Crippen LogP contribution in [-0.4, -0.2) is 24.5 Å². The second-order valence-corrected chi connectivity index (χ2v) is 8.42. The summed E-state index contributed by atoms with van der Waals surface area (Å²) in [4.78, 5) is 39.1. The first-order chi connectivity index (χ1) is 18.9. The zero-order valence-electron chi connectivity index (χ0n) is 21.1. The molecule has 0 unspecified atom stereocenters. The van der Waals surface area contributed by atoms with E-state index in [9.17, 15) is 24.0 Å². The number of rotatable bonds is 9. The van der Waals surface area contributed by atoms with Gasteiger partial charge < -0.3 is 9.47 Å². The number of urea groups is 1. The van der Waals surface area contributed by atoms with Crippen LogP contribution >= 0.6 is 0 Å². The molecule has 1 N–H and O–H groups in total. The fraction of sp³-hybridized carbons (Fsp3) is 0.133. The van der Waals surface area contributed by atoms with Crippen molar-refractivity contribution in [2.75, 3.05) is 11.5 Å². The Balaban J connectivity index is 1.73. The van der Waals surface area contributed by atoms with Crippen molar-refractivity contribution in [1.29, 1.82) is 5.26 Å². The summed E-state index contributed by atoms with van der Waals surface area (Å²) in [6, 6.07) is 16.4. The number of nitriles is 1. The second kappa shape index (κ2) is 11.9. The third-order valence-corrected chi connectivity index (χ3v) is 5.83. The van der Waals surface area contributed by atoms with Crippen LogP contribution in [0.25, 0.3) is 6.08 Å². The number of imide groups is 2. The molecule has 0 spiro atoms. The van der Waals surface area contributed by atoms with E-state index in [-0.39, 0.29) is 17.9 Å². The number of nitrogens with one attached hydrogen (secondary N) is 1. The molecule has 1 fully saturated rings. The smallest absolute Gasteiger partial charge is 0.335 e. The van der Waals surface area contributed by atoms with E-state index in [1.165, 1.54) is 18.2 Å². The van der Waals surface area contributed by atoms with Gasteiger partial charge in [-0.25, -0.2) is 14.1 Å². The Bertz CT molecular complexity index is 1520. The Morgan fingerprint density at radius 2 is 1.79 bits per heavy atom. The van der Waals surface area contributed by atoms with Crippen molar-refractivity contribution >= 4 is 29.6 Å². The minimum absolute atomic E-state index is 0.112. The molecule has 1 aliphatic rings. The largest absolute Gasteiger partial charge is 0.490 e. The molecule has 0 atom stereocenters. The normalized spacial score (nSPS) is 14.1. The summed E-state index contributed by atoms with van der Waals surface area (Å²) in [5, 5.41) is 11.5. The number of allylic oxidation sites excluding steroid dienone is 1. The quantitative estimate of drug-likeness (QED) is 0.237. The standard InChI is InChI=1S/C30H24FN3O5/c1-3-7-20-14-19(16-26(38-4-2)27(20)39-18-22-9-6-5-8-21(22)17-32)15-25-28(35)33-30(37)34(29(25)36)24-12-10-23(31)11-13-24/h3,5-6,8-16H,1,4,7,18H2,2H3,(H,33,35,37)/b25-15+. The maximum Gasteiger partial charge on any atom is 0.335 e. The van der Waals surface area contributed by atoms with Crippen LogP contribution in [0.4, 0.5) is 14.9 Å². The molecule has 1 saturated heterocycles. The Morgan fingerprint density at radius 1 is 1.05 bits per heavy atom. The molecule has 8 nitrogen and oxygen atoms in total. The fourth-order valence-corrected chi connectivity index (χ4v) is 4.05. The third kappa shape index (κ3) is 5.86. The van der Waals surface area contributed by atoms with Gasteiger partial charge in [-0.05, 0) is 67.4 Å². The Kier molecular flexibility index (Phi) is 8.17. The second-order valence-electron chi connectivity index (χ2n) is 8.42. The molecule has 0 aromatic heterocycles. The van der Waals surface area contributed by atoms with Crippen molar-refractivity contribution in [2.45, 2.75) is 20.0 Å². The molecule has 3 aromatic carbocycles. The molecule has 39 heavy (non-hydrogen) atoms. The lowest BCUT2D eigenvalue weighted by Crippen LogP contribution is -2.54. The average Bonchev–Trinajstić information content (AvgIpc) is 2.92. The van der Waals surface area contributed by atoms with Crippen LogP contribution in [0.3, 0.4) is 0 Å². The molecule has 3 aromatic rings. The number of nitrogens with zero attached hydrogens (tertiary/aromatic N) is 2. The summed E-state index contributed by atoms with van der Waals surface area (Å²) in [7, 11) is 0. The fourth-order valence-electron chi connectivity index (χ4n) is 4.05. The number of hydrogen-bond donors (Lipinski definition) is 1. The number of carbonyl (C=O) groups is 3. The maximum absolute atomic E-state index is 13.4. The minimum Gasteiger partial charge on any atom is -0.490 e. The lowest BCUT2D eigenvalue weighted by atomic mass is 10.0. The van der Waals surface area contributed by atoms with E-state index in [4.69, 9.17) is 9.47 Å². The van der Waals surface area contributed by atoms with Crippen LogP contribution in [-0.2, 0) is 22.6 Å². The Hall–Kier alpha value is -5.23. The number of amides is 4. The first kappa shape index (κ1) is 26.8. The van der Waals surface area contributed by atoms with Crippen LogP contribution in [0.5, 0.6) is 11.5 Å². The van der Waals surface area contributed by atoms with E-state index in [1.54, 1.807) is 43.3 Å². The van der Waals surface area contributed by atoms with Gasteiger partial charge in [0.1, 0.15) is 18.0 Å². The van der Waals surface area contributed by atoms with E-state index >= 15 is 0 Å². The van der Waals surface area contributed by atoms with Crippen LogP contribution < -0.4 is 19.7 Å². The molecule has 0 radical (unpaired) electrons. The molecule has 1 aliphatic heterocycles. The zero-order valence-corrected chi connectivity index (χ0v) is 21.1. The first-order valence-corrected chi connectivity index (χ1v) is 12.0. The highest BCUT2D eigenvalue weighted by molar-refractivity contribution is 6.39. The van der Waals surface area contributed by atoms with Gasteiger partial charge in [-0.2, -0.15) is 5.26 Å². The van der Waals surface area contributed by atoms with E-state index in [2.05, 4.69) is 18.0 Å². The summed E-state index contributed by atoms with van der Waals surface area (Å²) in [6.07, 6.45) is 3.41. The molecule has 0 saturated carbocycles. The number of hydrogen-bond acceptors (Lipinski definition) is 6. The Labute approximate surface area is 224 Å². The Morgan fingerprint density at radius 3 is 2.49 bits per heavy atom. The number of anilines is 1. The average molecular weight is 526 g/mol. The number of benzene rings is 3. The van der Waals surface area contributed by atoms with Crippen molar-refractivity contribution in [2.24, 2.45) is 0 Å². The molecule has 0 bridgehead atoms. The van der Waals surface area contributed by atoms with Gasteiger partial charge in [-0.3, -0.25) is 14.9 Å². The highest BCUT2D eigenvalue weighted by Crippen LogP contribution is 2.36. The highest BCUT2D eigenvalue weighted by atomic mass is 19.1. The van der Waals surface area contributed by atoms with Crippen molar-refractivity contribution in [3.63, 3.8) is 0 Å². The maximum atomic E-state index is 13.4. The van der Waals surface area contributed by atoms with E-state index in [0.717, 1.165) is 17.0 Å². The zero-order chi connectivity index (χ0) is 27.9. The number of halogens is 1. The SMILES string of the molecule is C=CCc1cc(/C=C2\C(=O)NC(=O)N(c3ccc(F)cc3)C2=O)cc(OCC)c1OCc1ccccc1C#N. The summed E-state index contributed by atoms with van der Waals surface area (Å²) < 4.78 is 25.3. The lowest BCUT2D eigenvalue weighted by molar-refractivity contribution is -0.122. The van der Waals surface area contributed by atoms with E-state index in [1.807, 2.05) is 6.07 Å². The number of carbonyl (C=O) groups excluding carboxylic acids is 3. The van der Waals surface area contributed by atoms with Gasteiger partial charge in [-0.15, -0.1) is 6.58 Å². The lowest BCUT2D eigenvalue weighted by Gasteiger charge is -2.26. The monoisotopic (exact) mass is 525 g/mol. The highest BCUT2D eigenvalue weighted by Gasteiger charge is 2.37. The van der Waals surface area contributed by atoms with Crippen molar-refractivity contribution in [1.82, 2.24) is 5.32 Å². The molecule has 196 valence electrons. The summed E-state index contributed by atoms with van der Waals surface area (Å²) >= 11 is 0. The van der Waals surface area contributed by atoms with E-state index < -0.39 is 23.7 Å².